The van der Waals surface area contributed by atoms with Crippen LogP contribution in [0, 0.1) is 6.92 Å². The summed E-state index contributed by atoms with van der Waals surface area (Å²) in [5.41, 5.74) is 6.96. The van der Waals surface area contributed by atoms with Crippen molar-refractivity contribution in [1.82, 2.24) is 4.98 Å². The van der Waals surface area contributed by atoms with Crippen molar-refractivity contribution in [3.8, 4) is 0 Å². The van der Waals surface area contributed by atoms with Gasteiger partial charge in [0.2, 0.25) is 0 Å². The van der Waals surface area contributed by atoms with Gasteiger partial charge in [0, 0.05) is 16.3 Å². The first-order chi connectivity index (χ1) is 5.98. The number of thiazole rings is 1. The fraction of sp³-hybridized carbons (Fsp3) is 0.700. The van der Waals surface area contributed by atoms with Gasteiger partial charge in [-0.05, 0) is 33.6 Å². The summed E-state index contributed by atoms with van der Waals surface area (Å²) in [4.78, 5) is 5.82. The molecule has 1 aliphatic rings. The summed E-state index contributed by atoms with van der Waals surface area (Å²) in [7, 11) is 0. The molecule has 72 valence electrons. The lowest BCUT2D eigenvalue weighted by Gasteiger charge is -2.16. The first-order valence-electron chi connectivity index (χ1n) is 4.75. The summed E-state index contributed by atoms with van der Waals surface area (Å²) < 4.78 is 0. The van der Waals surface area contributed by atoms with Gasteiger partial charge in [-0.15, -0.1) is 11.3 Å². The van der Waals surface area contributed by atoms with Crippen molar-refractivity contribution in [3.05, 3.63) is 15.6 Å². The molecule has 0 unspecified atom stereocenters. The van der Waals surface area contributed by atoms with Crippen molar-refractivity contribution in [2.75, 3.05) is 0 Å². The van der Waals surface area contributed by atoms with Gasteiger partial charge < -0.3 is 5.73 Å². The highest BCUT2D eigenvalue weighted by Gasteiger charge is 2.30. The van der Waals surface area contributed by atoms with Crippen molar-refractivity contribution in [2.24, 2.45) is 5.73 Å². The Labute approximate surface area is 83.2 Å². The molecule has 0 spiro atoms. The standard InChI is InChI=1S/C10H16N2S/c1-6-8(10(2,3)11)13-9(12-6)7-4-5-7/h7H,4-5,11H2,1-3H3. The first kappa shape index (κ1) is 9.16. The Kier molecular flexibility index (Phi) is 1.96. The van der Waals surface area contributed by atoms with Crippen molar-refractivity contribution in [1.29, 1.82) is 0 Å². The van der Waals surface area contributed by atoms with Gasteiger partial charge >= 0.3 is 0 Å². The van der Waals surface area contributed by atoms with E-state index in [0.717, 1.165) is 11.6 Å². The van der Waals surface area contributed by atoms with Gasteiger partial charge in [-0.2, -0.15) is 0 Å². The van der Waals surface area contributed by atoms with E-state index in [1.54, 1.807) is 11.3 Å². The molecule has 3 heteroatoms. The zero-order valence-electron chi connectivity index (χ0n) is 8.42. The van der Waals surface area contributed by atoms with Crippen LogP contribution in [0.15, 0.2) is 0 Å². The zero-order valence-corrected chi connectivity index (χ0v) is 9.24. The van der Waals surface area contributed by atoms with Crippen LogP contribution in [-0.2, 0) is 5.54 Å². The molecule has 1 aliphatic carbocycles. The molecule has 1 fully saturated rings. The molecule has 1 saturated carbocycles. The lowest BCUT2D eigenvalue weighted by atomic mass is 10.0. The smallest absolute Gasteiger partial charge is 0.0962 e. The van der Waals surface area contributed by atoms with Crippen LogP contribution in [0.2, 0.25) is 0 Å². The van der Waals surface area contributed by atoms with Crippen LogP contribution < -0.4 is 5.73 Å². The molecule has 1 aromatic heterocycles. The predicted molar refractivity (Wildman–Crippen MR) is 56.0 cm³/mol. The molecule has 1 heterocycles. The van der Waals surface area contributed by atoms with E-state index in [1.165, 1.54) is 22.7 Å². The van der Waals surface area contributed by atoms with Gasteiger partial charge in [0.25, 0.3) is 0 Å². The third-order valence-electron chi connectivity index (χ3n) is 2.32. The number of nitrogens with two attached hydrogens (primary N) is 1. The van der Waals surface area contributed by atoms with Gasteiger partial charge in [0.15, 0.2) is 0 Å². The molecule has 2 nitrogen and oxygen atoms in total. The van der Waals surface area contributed by atoms with E-state index in [9.17, 15) is 0 Å². The molecule has 0 saturated heterocycles. The van der Waals surface area contributed by atoms with Gasteiger partial charge in [-0.3, -0.25) is 0 Å². The monoisotopic (exact) mass is 196 g/mol. The van der Waals surface area contributed by atoms with Crippen molar-refractivity contribution in [3.63, 3.8) is 0 Å². The first-order valence-corrected chi connectivity index (χ1v) is 5.57. The number of nitrogens with zero attached hydrogens (tertiary/aromatic N) is 1. The molecule has 2 N–H and O–H groups in total. The normalized spacial score (nSPS) is 17.8. The Morgan fingerprint density at radius 1 is 1.46 bits per heavy atom. The average molecular weight is 196 g/mol. The van der Waals surface area contributed by atoms with Crippen LogP contribution in [0.25, 0.3) is 0 Å². The number of aryl methyl sites for hydroxylation is 1. The summed E-state index contributed by atoms with van der Waals surface area (Å²) in [6.45, 7) is 6.15. The van der Waals surface area contributed by atoms with Gasteiger partial charge in [0.1, 0.15) is 0 Å². The van der Waals surface area contributed by atoms with E-state index in [2.05, 4.69) is 11.9 Å². The van der Waals surface area contributed by atoms with Crippen LogP contribution in [0.3, 0.4) is 0 Å². The Morgan fingerprint density at radius 3 is 2.46 bits per heavy atom. The molecule has 0 aromatic carbocycles. The van der Waals surface area contributed by atoms with E-state index in [1.807, 2.05) is 13.8 Å². The molecular formula is C10H16N2S. The molecule has 0 radical (unpaired) electrons. The number of hydrogen-bond acceptors (Lipinski definition) is 3. The topological polar surface area (TPSA) is 38.9 Å². The van der Waals surface area contributed by atoms with Crippen LogP contribution in [0.4, 0.5) is 0 Å². The summed E-state index contributed by atoms with van der Waals surface area (Å²) in [6.07, 6.45) is 2.63. The molecular weight excluding hydrogens is 180 g/mol. The van der Waals surface area contributed by atoms with Crippen LogP contribution in [-0.4, -0.2) is 4.98 Å². The summed E-state index contributed by atoms with van der Waals surface area (Å²) >= 11 is 1.80. The number of aromatic nitrogens is 1. The molecule has 0 aliphatic heterocycles. The highest BCUT2D eigenvalue weighted by molar-refractivity contribution is 7.12. The summed E-state index contributed by atoms with van der Waals surface area (Å²) in [5.74, 6) is 0.750. The third-order valence-corrected chi connectivity index (χ3v) is 3.98. The molecule has 0 bridgehead atoms. The van der Waals surface area contributed by atoms with Gasteiger partial charge in [0.05, 0.1) is 10.7 Å². The molecule has 1 aromatic rings. The second-order valence-corrected chi connectivity index (χ2v) is 5.49. The predicted octanol–water partition coefficient (Wildman–Crippen LogP) is 2.52. The van der Waals surface area contributed by atoms with Crippen LogP contribution in [0.5, 0.6) is 0 Å². The van der Waals surface area contributed by atoms with Crippen molar-refractivity contribution >= 4 is 11.3 Å². The average Bonchev–Trinajstić information content (AvgIpc) is 2.73. The lowest BCUT2D eigenvalue weighted by molar-refractivity contribution is 0.562. The number of rotatable bonds is 2. The fourth-order valence-electron chi connectivity index (χ4n) is 1.52. The highest BCUT2D eigenvalue weighted by atomic mass is 32.1. The van der Waals surface area contributed by atoms with E-state index < -0.39 is 0 Å². The van der Waals surface area contributed by atoms with Crippen molar-refractivity contribution in [2.45, 2.75) is 45.1 Å². The molecule has 13 heavy (non-hydrogen) atoms. The van der Waals surface area contributed by atoms with E-state index >= 15 is 0 Å². The number of hydrogen-bond donors (Lipinski definition) is 1. The van der Waals surface area contributed by atoms with Gasteiger partial charge in [-0.1, -0.05) is 0 Å². The lowest BCUT2D eigenvalue weighted by Crippen LogP contribution is -2.28. The maximum absolute atomic E-state index is 6.06. The Hall–Kier alpha value is -0.410. The van der Waals surface area contributed by atoms with Gasteiger partial charge in [-0.25, -0.2) is 4.98 Å². The minimum absolute atomic E-state index is 0.227. The maximum atomic E-state index is 6.06. The maximum Gasteiger partial charge on any atom is 0.0962 e. The Bertz CT molecular complexity index is 318. The molecule has 0 amide bonds. The zero-order chi connectivity index (χ0) is 9.64. The minimum Gasteiger partial charge on any atom is -0.321 e. The summed E-state index contributed by atoms with van der Waals surface area (Å²) in [6, 6.07) is 0. The Morgan fingerprint density at radius 2 is 2.08 bits per heavy atom. The Balaban J connectivity index is 2.35. The second-order valence-electron chi connectivity index (χ2n) is 4.46. The molecule has 2 rings (SSSR count). The largest absolute Gasteiger partial charge is 0.321 e. The second kappa shape index (κ2) is 2.79. The quantitative estimate of drug-likeness (QED) is 0.789. The van der Waals surface area contributed by atoms with E-state index in [4.69, 9.17) is 5.73 Å². The third kappa shape index (κ3) is 1.76. The van der Waals surface area contributed by atoms with E-state index in [0.29, 0.717) is 0 Å². The van der Waals surface area contributed by atoms with Crippen LogP contribution in [0.1, 0.15) is 48.2 Å². The highest BCUT2D eigenvalue weighted by Crippen LogP contribution is 2.43. The summed E-state index contributed by atoms with van der Waals surface area (Å²) in [5, 5.41) is 1.30. The van der Waals surface area contributed by atoms with Crippen LogP contribution >= 0.6 is 11.3 Å². The van der Waals surface area contributed by atoms with E-state index in [-0.39, 0.29) is 5.54 Å². The SMILES string of the molecule is Cc1nc(C2CC2)sc1C(C)(C)N. The fourth-order valence-corrected chi connectivity index (χ4v) is 2.77. The van der Waals surface area contributed by atoms with Crippen molar-refractivity contribution < 1.29 is 0 Å². The molecule has 0 atom stereocenters. The minimum atomic E-state index is -0.227.